The van der Waals surface area contributed by atoms with Crippen molar-refractivity contribution < 1.29 is 19.1 Å². The maximum Gasteiger partial charge on any atom is 0.340 e. The number of methoxy groups -OCH3 is 1. The van der Waals surface area contributed by atoms with Gasteiger partial charge in [0.05, 0.1) is 23.3 Å². The van der Waals surface area contributed by atoms with Gasteiger partial charge in [-0.2, -0.15) is 0 Å². The van der Waals surface area contributed by atoms with Crippen molar-refractivity contribution in [1.29, 1.82) is 0 Å². The van der Waals surface area contributed by atoms with E-state index in [1.54, 1.807) is 18.9 Å². The summed E-state index contributed by atoms with van der Waals surface area (Å²) in [4.78, 5) is 44.5. The van der Waals surface area contributed by atoms with Gasteiger partial charge in [-0.25, -0.2) is 9.59 Å². The fourth-order valence-electron chi connectivity index (χ4n) is 2.02. The number of carbonyl (C=O) groups excluding carboxylic acids is 3. The molecule has 8 heteroatoms. The van der Waals surface area contributed by atoms with Crippen LogP contribution in [0.3, 0.4) is 0 Å². The van der Waals surface area contributed by atoms with Crippen LogP contribution in [0.2, 0.25) is 0 Å². The van der Waals surface area contributed by atoms with Gasteiger partial charge in [-0.15, -0.1) is 0 Å². The summed E-state index contributed by atoms with van der Waals surface area (Å²) in [5.41, 5.74) is 0.492. The number of aromatic nitrogens is 1. The van der Waals surface area contributed by atoms with Gasteiger partial charge in [0, 0.05) is 12.4 Å². The Morgan fingerprint density at radius 1 is 1.50 bits per heavy atom. The van der Waals surface area contributed by atoms with Crippen LogP contribution in [0, 0.1) is 0 Å². The molecular formula is C16H14ClN3O4. The molecule has 124 valence electrons. The average Bonchev–Trinajstić information content (AvgIpc) is 2.88. The van der Waals surface area contributed by atoms with E-state index in [1.807, 2.05) is 0 Å². The summed E-state index contributed by atoms with van der Waals surface area (Å²) < 4.78 is 4.73. The number of ether oxygens (including phenoxy) is 1. The minimum atomic E-state index is -0.672. The second kappa shape index (κ2) is 7.21. The van der Waals surface area contributed by atoms with Crippen LogP contribution in [-0.2, 0) is 14.3 Å². The molecule has 0 aliphatic carbocycles. The van der Waals surface area contributed by atoms with Crippen molar-refractivity contribution in [2.24, 2.45) is 4.99 Å². The van der Waals surface area contributed by atoms with Crippen LogP contribution in [-0.4, -0.2) is 46.7 Å². The zero-order chi connectivity index (χ0) is 17.9. The highest BCUT2D eigenvalue weighted by Gasteiger charge is 2.34. The summed E-state index contributed by atoms with van der Waals surface area (Å²) in [6.45, 7) is 3.07. The standard InChI is InChI=1S/C16H14ClN3O4/c1-9(8-21)12(17)7-20-14(19-10(2)15(20)22)13-11(16(23)24-3)5-4-6-18-13/h4-7,10H,1-3H3/b12-7-. The highest BCUT2D eigenvalue weighted by Crippen LogP contribution is 2.22. The normalized spacial score (nSPS) is 17.4. The third kappa shape index (κ3) is 3.27. The highest BCUT2D eigenvalue weighted by atomic mass is 35.5. The van der Waals surface area contributed by atoms with E-state index in [1.165, 1.54) is 37.4 Å². The van der Waals surface area contributed by atoms with Crippen LogP contribution >= 0.6 is 11.6 Å². The molecule has 0 aromatic carbocycles. The molecule has 1 aliphatic rings. The predicted molar refractivity (Wildman–Crippen MR) is 87.2 cm³/mol. The van der Waals surface area contributed by atoms with Crippen LogP contribution < -0.4 is 0 Å². The summed E-state index contributed by atoms with van der Waals surface area (Å²) in [6, 6.07) is 2.42. The Morgan fingerprint density at radius 2 is 2.21 bits per heavy atom. The van der Waals surface area contributed by atoms with Crippen LogP contribution in [0.25, 0.3) is 0 Å². The van der Waals surface area contributed by atoms with Gasteiger partial charge >= 0.3 is 5.97 Å². The number of esters is 1. The van der Waals surface area contributed by atoms with E-state index in [0.29, 0.717) is 0 Å². The van der Waals surface area contributed by atoms with Gasteiger partial charge in [0.15, 0.2) is 5.84 Å². The zero-order valence-corrected chi connectivity index (χ0v) is 14.0. The van der Waals surface area contributed by atoms with Crippen molar-refractivity contribution >= 4 is 35.3 Å². The van der Waals surface area contributed by atoms with E-state index in [-0.39, 0.29) is 33.6 Å². The summed E-state index contributed by atoms with van der Waals surface area (Å²) in [6.07, 6.45) is 2.74. The lowest BCUT2D eigenvalue weighted by atomic mass is 10.1. The molecule has 0 N–H and O–H groups in total. The molecular weight excluding hydrogens is 334 g/mol. The van der Waals surface area contributed by atoms with Crippen LogP contribution in [0.1, 0.15) is 29.9 Å². The number of allylic oxidation sites excluding steroid dienone is 2. The summed E-state index contributed by atoms with van der Waals surface area (Å²) in [5, 5.41) is 0.0377. The maximum atomic E-state index is 12.3. The Hall–Kier alpha value is -2.76. The van der Waals surface area contributed by atoms with Crippen LogP contribution in [0.15, 0.2) is 40.1 Å². The zero-order valence-electron chi connectivity index (χ0n) is 13.2. The average molecular weight is 348 g/mol. The first kappa shape index (κ1) is 17.6. The van der Waals surface area contributed by atoms with Crippen molar-refractivity contribution in [3.8, 4) is 0 Å². The fourth-order valence-corrected chi connectivity index (χ4v) is 2.16. The number of nitrogens with zero attached hydrogens (tertiary/aromatic N) is 3. The smallest absolute Gasteiger partial charge is 0.340 e. The summed E-state index contributed by atoms with van der Waals surface area (Å²) in [7, 11) is 1.25. The second-order valence-electron chi connectivity index (χ2n) is 4.93. The predicted octanol–water partition coefficient (Wildman–Crippen LogP) is 1.70. The molecule has 2 heterocycles. The highest BCUT2D eigenvalue weighted by molar-refractivity contribution is 6.33. The van der Waals surface area contributed by atoms with E-state index in [0.717, 1.165) is 0 Å². The molecule has 1 unspecified atom stereocenters. The van der Waals surface area contributed by atoms with E-state index in [4.69, 9.17) is 16.3 Å². The molecule has 0 spiro atoms. The largest absolute Gasteiger partial charge is 0.465 e. The number of pyridine rings is 1. The monoisotopic (exact) mass is 347 g/mol. The lowest BCUT2D eigenvalue weighted by Crippen LogP contribution is -2.32. The number of rotatable bonds is 4. The van der Waals surface area contributed by atoms with E-state index in [2.05, 4.69) is 9.98 Å². The van der Waals surface area contributed by atoms with Gasteiger partial charge in [-0.3, -0.25) is 19.7 Å². The first-order valence-corrected chi connectivity index (χ1v) is 7.32. The van der Waals surface area contributed by atoms with E-state index < -0.39 is 12.0 Å². The third-order valence-electron chi connectivity index (χ3n) is 3.32. The Kier molecular flexibility index (Phi) is 5.28. The molecule has 0 bridgehead atoms. The van der Waals surface area contributed by atoms with Gasteiger partial charge in [-0.05, 0) is 26.0 Å². The second-order valence-corrected chi connectivity index (χ2v) is 5.34. The molecule has 2 rings (SSSR count). The van der Waals surface area contributed by atoms with Crippen molar-refractivity contribution in [1.82, 2.24) is 9.88 Å². The molecule has 1 amide bonds. The molecule has 24 heavy (non-hydrogen) atoms. The molecule has 1 aliphatic heterocycles. The third-order valence-corrected chi connectivity index (χ3v) is 3.70. The van der Waals surface area contributed by atoms with Crippen LogP contribution in [0.5, 0.6) is 0 Å². The number of amidine groups is 1. The number of hydrogen-bond acceptors (Lipinski definition) is 6. The van der Waals surface area contributed by atoms with Gasteiger partial charge in [0.25, 0.3) is 5.91 Å². The Bertz CT molecular complexity index is 809. The van der Waals surface area contributed by atoms with Crippen molar-refractivity contribution in [3.05, 3.63) is 46.4 Å². The maximum absolute atomic E-state index is 12.3. The van der Waals surface area contributed by atoms with Gasteiger partial charge < -0.3 is 4.74 Å². The first-order valence-electron chi connectivity index (χ1n) is 6.94. The number of halogens is 1. The van der Waals surface area contributed by atoms with Gasteiger partial charge in [-0.1, -0.05) is 11.6 Å². The lowest BCUT2D eigenvalue weighted by Gasteiger charge is -2.16. The summed E-state index contributed by atoms with van der Waals surface area (Å²) >= 11 is 6.01. The van der Waals surface area contributed by atoms with Crippen molar-refractivity contribution in [3.63, 3.8) is 0 Å². The molecule has 0 fully saturated rings. The van der Waals surface area contributed by atoms with Crippen LogP contribution in [0.4, 0.5) is 0 Å². The van der Waals surface area contributed by atoms with Crippen molar-refractivity contribution in [2.75, 3.05) is 7.11 Å². The number of aliphatic imine (C=N–C) groups is 1. The van der Waals surface area contributed by atoms with E-state index >= 15 is 0 Å². The molecule has 1 aromatic heterocycles. The molecule has 0 radical (unpaired) electrons. The molecule has 1 aromatic rings. The van der Waals surface area contributed by atoms with Crippen molar-refractivity contribution in [2.45, 2.75) is 19.9 Å². The molecule has 0 saturated heterocycles. The van der Waals surface area contributed by atoms with Gasteiger partial charge in [0.1, 0.15) is 17.7 Å². The molecule has 0 saturated carbocycles. The number of carbonyl (C=O) groups is 2. The van der Waals surface area contributed by atoms with E-state index in [9.17, 15) is 14.4 Å². The molecule has 1 atom stereocenters. The first-order chi connectivity index (χ1) is 11.4. The Labute approximate surface area is 143 Å². The number of hydrogen-bond donors (Lipinski definition) is 0. The Morgan fingerprint density at radius 3 is 2.83 bits per heavy atom. The summed E-state index contributed by atoms with van der Waals surface area (Å²) in [5.74, 6) is 0.852. The quantitative estimate of drug-likeness (QED) is 0.470. The minimum absolute atomic E-state index is 0.0377. The Balaban J connectivity index is 2.56. The SMILES string of the molecule is COC(=O)c1cccnc1C1=NC(C)C(=O)N1/C=C(\Cl)C(C)=C=O. The van der Waals surface area contributed by atoms with Gasteiger partial charge in [0.2, 0.25) is 0 Å². The fraction of sp³-hybridized carbons (Fsp3) is 0.250. The topological polar surface area (TPSA) is 88.9 Å². The lowest BCUT2D eigenvalue weighted by molar-refractivity contribution is -0.125. The molecule has 7 nitrogen and oxygen atoms in total. The minimum Gasteiger partial charge on any atom is -0.465 e. The number of amides is 1.